The van der Waals surface area contributed by atoms with Crippen LogP contribution in [-0.4, -0.2) is 17.1 Å². The molecule has 1 unspecified atom stereocenters. The van der Waals surface area contributed by atoms with Crippen LogP contribution in [0.3, 0.4) is 0 Å². The molecule has 3 N–H and O–H groups in total. The maximum Gasteiger partial charge on any atom is 0.248 e. The number of nitrogens with one attached hydrogen (secondary N) is 1. The zero-order valence-electron chi connectivity index (χ0n) is 11.9. The predicted molar refractivity (Wildman–Crippen MR) is 86.6 cm³/mol. The molecule has 1 atom stereocenters. The summed E-state index contributed by atoms with van der Waals surface area (Å²) in [5.41, 5.74) is 7.80. The topological polar surface area (TPSA) is 72.2 Å². The number of fused-ring (bicyclic) bond motifs is 1. The monoisotopic (exact) mass is 312 g/mol. The van der Waals surface area contributed by atoms with Crippen LogP contribution in [0.4, 0.5) is 0 Å². The van der Waals surface area contributed by atoms with E-state index in [1.54, 1.807) is 30.0 Å². The van der Waals surface area contributed by atoms with E-state index in [2.05, 4.69) is 11.4 Å². The first-order valence-electron chi connectivity index (χ1n) is 7.04. The molecule has 2 amide bonds. The van der Waals surface area contributed by atoms with Crippen LogP contribution in [0.15, 0.2) is 53.4 Å². The Morgan fingerprint density at radius 2 is 2.00 bits per heavy atom. The lowest BCUT2D eigenvalue weighted by Gasteiger charge is -2.10. The molecule has 2 aromatic rings. The van der Waals surface area contributed by atoms with Gasteiger partial charge < -0.3 is 11.1 Å². The Labute approximate surface area is 133 Å². The summed E-state index contributed by atoms with van der Waals surface area (Å²) in [5, 5.41) is 2.84. The molecule has 22 heavy (non-hydrogen) atoms. The number of carbonyl (C=O) groups is 2. The third-order valence-electron chi connectivity index (χ3n) is 3.62. The van der Waals surface area contributed by atoms with Gasteiger partial charge in [0.15, 0.2) is 0 Å². The van der Waals surface area contributed by atoms with Gasteiger partial charge in [0, 0.05) is 17.0 Å². The van der Waals surface area contributed by atoms with E-state index in [1.807, 2.05) is 24.3 Å². The summed E-state index contributed by atoms with van der Waals surface area (Å²) in [4.78, 5) is 24.6. The lowest BCUT2D eigenvalue weighted by molar-refractivity contribution is -0.120. The lowest BCUT2D eigenvalue weighted by Crippen LogP contribution is -2.32. The van der Waals surface area contributed by atoms with Crippen LogP contribution in [-0.2, 0) is 17.8 Å². The van der Waals surface area contributed by atoms with Crippen molar-refractivity contribution in [2.24, 2.45) is 5.73 Å². The van der Waals surface area contributed by atoms with Gasteiger partial charge in [0.1, 0.15) is 0 Å². The van der Waals surface area contributed by atoms with E-state index in [-0.39, 0.29) is 11.2 Å². The third-order valence-corrected chi connectivity index (χ3v) is 4.94. The summed E-state index contributed by atoms with van der Waals surface area (Å²) < 4.78 is 0. The van der Waals surface area contributed by atoms with Crippen LogP contribution in [0, 0.1) is 0 Å². The van der Waals surface area contributed by atoms with Gasteiger partial charge in [0.25, 0.3) is 0 Å². The van der Waals surface area contributed by atoms with E-state index < -0.39 is 5.91 Å². The van der Waals surface area contributed by atoms with Crippen molar-refractivity contribution in [3.05, 3.63) is 65.2 Å². The molecule has 1 aliphatic heterocycles. The summed E-state index contributed by atoms with van der Waals surface area (Å²) in [5.74, 6) is -0.444. The van der Waals surface area contributed by atoms with Crippen molar-refractivity contribution in [3.63, 3.8) is 0 Å². The Balaban J connectivity index is 1.60. The quantitative estimate of drug-likeness (QED) is 0.908. The molecule has 112 valence electrons. The molecule has 0 aliphatic carbocycles. The first-order chi connectivity index (χ1) is 10.6. The summed E-state index contributed by atoms with van der Waals surface area (Å²) >= 11 is 1.60. The van der Waals surface area contributed by atoms with E-state index in [4.69, 9.17) is 5.73 Å². The fourth-order valence-electron chi connectivity index (χ4n) is 2.47. The molecule has 3 rings (SSSR count). The molecular formula is C17H16N2O2S. The fraction of sp³-hybridized carbons (Fsp3) is 0.176. The molecule has 0 bridgehead atoms. The van der Waals surface area contributed by atoms with Gasteiger partial charge in [0.05, 0.1) is 5.25 Å². The van der Waals surface area contributed by atoms with Crippen molar-refractivity contribution < 1.29 is 9.59 Å². The molecule has 0 saturated carbocycles. The highest BCUT2D eigenvalue weighted by atomic mass is 32.2. The summed E-state index contributed by atoms with van der Waals surface area (Å²) in [6.45, 7) is 0.396. The number of primary amides is 1. The van der Waals surface area contributed by atoms with Crippen molar-refractivity contribution in [2.75, 3.05) is 0 Å². The maximum absolute atomic E-state index is 12.3. The largest absolute Gasteiger partial charge is 0.366 e. The van der Waals surface area contributed by atoms with Gasteiger partial charge in [-0.3, -0.25) is 9.59 Å². The molecule has 0 aromatic heterocycles. The van der Waals surface area contributed by atoms with Crippen molar-refractivity contribution in [1.82, 2.24) is 5.32 Å². The highest BCUT2D eigenvalue weighted by Gasteiger charge is 2.27. The smallest absolute Gasteiger partial charge is 0.248 e. The second-order valence-electron chi connectivity index (χ2n) is 5.20. The number of hydrogen-bond acceptors (Lipinski definition) is 3. The molecule has 2 aromatic carbocycles. The molecule has 4 nitrogen and oxygen atoms in total. The van der Waals surface area contributed by atoms with E-state index >= 15 is 0 Å². The number of hydrogen-bond donors (Lipinski definition) is 2. The molecule has 0 saturated heterocycles. The van der Waals surface area contributed by atoms with Crippen LogP contribution in [0.2, 0.25) is 0 Å². The lowest BCUT2D eigenvalue weighted by atomic mass is 10.1. The van der Waals surface area contributed by atoms with Crippen molar-refractivity contribution in [2.45, 2.75) is 23.1 Å². The second kappa shape index (κ2) is 6.23. The minimum Gasteiger partial charge on any atom is -0.366 e. The Hall–Kier alpha value is -2.27. The average Bonchev–Trinajstić information content (AvgIpc) is 2.97. The van der Waals surface area contributed by atoms with Crippen LogP contribution in [0.25, 0.3) is 0 Å². The van der Waals surface area contributed by atoms with E-state index in [9.17, 15) is 9.59 Å². The predicted octanol–water partition coefficient (Wildman–Crippen LogP) is 2.12. The Morgan fingerprint density at radius 1 is 1.18 bits per heavy atom. The zero-order chi connectivity index (χ0) is 15.5. The zero-order valence-corrected chi connectivity index (χ0v) is 12.7. The van der Waals surface area contributed by atoms with Gasteiger partial charge in [-0.05, 0) is 35.7 Å². The molecule has 0 radical (unpaired) electrons. The summed E-state index contributed by atoms with van der Waals surface area (Å²) in [6, 6.07) is 15.1. The molecule has 1 aliphatic rings. The van der Waals surface area contributed by atoms with E-state index in [0.717, 1.165) is 12.0 Å². The van der Waals surface area contributed by atoms with Gasteiger partial charge in [-0.1, -0.05) is 30.3 Å². The standard InChI is InChI=1S/C17H16N2O2S/c18-16(20)13-6-3-4-11(8-13)10-19-17(21)15-9-12-5-1-2-7-14(12)22-15/h1-8,15H,9-10H2,(H2,18,20)(H,19,21). The first-order valence-corrected chi connectivity index (χ1v) is 7.92. The van der Waals surface area contributed by atoms with Crippen LogP contribution in [0.5, 0.6) is 0 Å². The summed E-state index contributed by atoms with van der Waals surface area (Å²) in [7, 11) is 0. The van der Waals surface area contributed by atoms with Crippen molar-refractivity contribution >= 4 is 23.6 Å². The Morgan fingerprint density at radius 3 is 2.77 bits per heavy atom. The van der Waals surface area contributed by atoms with Gasteiger partial charge in [-0.2, -0.15) is 0 Å². The number of thioether (sulfide) groups is 1. The minimum atomic E-state index is -0.463. The van der Waals surface area contributed by atoms with Gasteiger partial charge >= 0.3 is 0 Å². The normalized spacial score (nSPS) is 16.1. The number of benzene rings is 2. The van der Waals surface area contributed by atoms with E-state index in [1.165, 1.54) is 10.5 Å². The Bertz CT molecular complexity index is 705. The number of carbonyl (C=O) groups excluding carboxylic acids is 2. The fourth-order valence-corrected chi connectivity index (χ4v) is 3.69. The molecule has 1 heterocycles. The molecule has 0 fully saturated rings. The minimum absolute atomic E-state index is 0.0191. The SMILES string of the molecule is NC(=O)c1cccc(CNC(=O)C2Cc3ccccc3S2)c1. The van der Waals surface area contributed by atoms with E-state index in [0.29, 0.717) is 12.1 Å². The molecule has 0 spiro atoms. The van der Waals surface area contributed by atoms with Gasteiger partial charge in [0.2, 0.25) is 11.8 Å². The second-order valence-corrected chi connectivity index (χ2v) is 6.45. The van der Waals surface area contributed by atoms with Crippen molar-refractivity contribution in [1.29, 1.82) is 0 Å². The van der Waals surface area contributed by atoms with Gasteiger partial charge in [-0.15, -0.1) is 11.8 Å². The number of rotatable bonds is 4. The highest BCUT2D eigenvalue weighted by Crippen LogP contribution is 2.36. The number of nitrogens with two attached hydrogens (primary N) is 1. The first kappa shape index (κ1) is 14.7. The van der Waals surface area contributed by atoms with Crippen LogP contribution in [0.1, 0.15) is 21.5 Å². The maximum atomic E-state index is 12.3. The molecule has 5 heteroatoms. The molecular weight excluding hydrogens is 296 g/mol. The summed E-state index contributed by atoms with van der Waals surface area (Å²) in [6.07, 6.45) is 0.758. The number of amides is 2. The average molecular weight is 312 g/mol. The van der Waals surface area contributed by atoms with Gasteiger partial charge in [-0.25, -0.2) is 0 Å². The van der Waals surface area contributed by atoms with Crippen LogP contribution >= 0.6 is 11.8 Å². The third kappa shape index (κ3) is 3.14. The van der Waals surface area contributed by atoms with Crippen molar-refractivity contribution in [3.8, 4) is 0 Å². The Kier molecular flexibility index (Phi) is 4.15. The highest BCUT2D eigenvalue weighted by molar-refractivity contribution is 8.01. The van der Waals surface area contributed by atoms with Crippen LogP contribution < -0.4 is 11.1 Å².